The van der Waals surface area contributed by atoms with Crippen molar-refractivity contribution in [1.82, 2.24) is 57.5 Å². The van der Waals surface area contributed by atoms with Crippen LogP contribution >= 0.6 is 24.4 Å². The highest BCUT2D eigenvalue weighted by molar-refractivity contribution is 7.98. The summed E-state index contributed by atoms with van der Waals surface area (Å²) in [6, 6.07) is 4.56. The number of aliphatic hydroxyl groups excluding tert-OH is 1. The maximum Gasteiger partial charge on any atom is 0.326 e. The number of carboxylic acids is 1. The van der Waals surface area contributed by atoms with Crippen LogP contribution in [0, 0.1) is 0 Å². The number of thioether (sulfide) groups is 1. The molecule has 0 aliphatic carbocycles. The Morgan fingerprint density at radius 2 is 1.15 bits per heavy atom. The van der Waals surface area contributed by atoms with E-state index in [-0.39, 0.29) is 31.4 Å². The summed E-state index contributed by atoms with van der Waals surface area (Å²) in [7, 11) is 0. The third kappa shape index (κ3) is 17.4. The number of benzene rings is 2. The van der Waals surface area contributed by atoms with Crippen LogP contribution in [0.15, 0.2) is 73.3 Å². The van der Waals surface area contributed by atoms with Crippen LogP contribution in [-0.4, -0.2) is 157 Å². The van der Waals surface area contributed by atoms with Crippen LogP contribution in [0.4, 0.5) is 0 Å². The molecule has 0 spiro atoms. The molecule has 2 heterocycles. The van der Waals surface area contributed by atoms with Crippen molar-refractivity contribution in [1.29, 1.82) is 0 Å². The standard InChI is InChI=1S/C46H62N12O11S2/c1-24(38(60)51-25(2)39(61)56-35(46(68)69)16-27-10-6-5-7-11-27)53-44(66)36(21-59)57-43(65)34(18-29-20-48-23-50-29)55-45(67)37(22-70)58-40(62)26(3)52-42(64)33(14-15-71-4)54-41(63)31(47)17-28-19-49-32-13-9-8-12-30(28)32/h5-13,19-20,23-26,31,33-37,49,59,70H,14-18,21-22,47H2,1-4H3,(H,48,50)(H,51,60)(H,52,64)(H,53,66)(H,54,63)(H,55,67)(H,56,61)(H,57,65)(H,58,62)(H,68,69)/t24-,25-,26-,31-,33-,34-,35-,36-,37-/m0/s1. The molecule has 0 saturated carbocycles. The summed E-state index contributed by atoms with van der Waals surface area (Å²) in [6.07, 6.45) is 6.49. The number of hydrogen-bond donors (Lipinski definition) is 14. The average molecular weight is 1020 g/mol. The lowest BCUT2D eigenvalue weighted by molar-refractivity contribution is -0.142. The van der Waals surface area contributed by atoms with E-state index in [0.717, 1.165) is 16.5 Å². The second kappa shape index (κ2) is 28.0. The van der Waals surface area contributed by atoms with E-state index in [0.29, 0.717) is 17.0 Å². The molecular weight excluding hydrogens is 961 g/mol. The number of hydrogen-bond acceptors (Lipinski definition) is 14. The van der Waals surface area contributed by atoms with Crippen LogP contribution in [-0.2, 0) is 62.4 Å². The van der Waals surface area contributed by atoms with E-state index in [4.69, 9.17) is 5.73 Å². The minimum absolute atomic E-state index is 0.0164. The van der Waals surface area contributed by atoms with Gasteiger partial charge in [0.1, 0.15) is 48.3 Å². The molecule has 2 aromatic heterocycles. The predicted molar refractivity (Wildman–Crippen MR) is 266 cm³/mol. The van der Waals surface area contributed by atoms with Crippen molar-refractivity contribution in [2.75, 3.05) is 24.4 Å². The molecule has 71 heavy (non-hydrogen) atoms. The zero-order valence-corrected chi connectivity index (χ0v) is 41.2. The molecule has 2 aromatic carbocycles. The summed E-state index contributed by atoms with van der Waals surface area (Å²) in [6.45, 7) is 3.01. The van der Waals surface area contributed by atoms with E-state index in [1.54, 1.807) is 36.5 Å². The number of aliphatic hydroxyl groups is 1. The Morgan fingerprint density at radius 3 is 1.75 bits per heavy atom. The fourth-order valence-electron chi connectivity index (χ4n) is 6.98. The van der Waals surface area contributed by atoms with Crippen molar-refractivity contribution in [3.8, 4) is 0 Å². The number of aromatic amines is 2. The summed E-state index contributed by atoms with van der Waals surface area (Å²) in [5.41, 5.74) is 9.01. The average Bonchev–Trinajstić information content (AvgIpc) is 4.03. The van der Waals surface area contributed by atoms with Gasteiger partial charge in [0.2, 0.25) is 47.3 Å². The van der Waals surface area contributed by atoms with E-state index in [2.05, 4.69) is 70.1 Å². The second-order valence-electron chi connectivity index (χ2n) is 16.6. The molecule has 14 N–H and O–H groups in total. The first-order chi connectivity index (χ1) is 33.8. The van der Waals surface area contributed by atoms with Crippen molar-refractivity contribution in [3.63, 3.8) is 0 Å². The number of aliphatic carboxylic acids is 1. The minimum atomic E-state index is -1.65. The highest BCUT2D eigenvalue weighted by Crippen LogP contribution is 2.19. The Balaban J connectivity index is 1.32. The molecule has 0 aliphatic heterocycles. The molecule has 8 amide bonds. The van der Waals surface area contributed by atoms with Gasteiger partial charge in [0, 0.05) is 47.6 Å². The minimum Gasteiger partial charge on any atom is -0.480 e. The van der Waals surface area contributed by atoms with Crippen LogP contribution in [0.3, 0.4) is 0 Å². The number of amides is 8. The van der Waals surface area contributed by atoms with Gasteiger partial charge in [-0.3, -0.25) is 38.4 Å². The number of H-pyrrole nitrogens is 2. The zero-order valence-electron chi connectivity index (χ0n) is 39.5. The Hall–Kier alpha value is -6.96. The lowest BCUT2D eigenvalue weighted by Crippen LogP contribution is -2.61. The Kier molecular flexibility index (Phi) is 22.4. The molecule has 0 aliphatic rings. The van der Waals surface area contributed by atoms with Gasteiger partial charge in [-0.2, -0.15) is 24.4 Å². The summed E-state index contributed by atoms with van der Waals surface area (Å²) in [4.78, 5) is 128. The van der Waals surface area contributed by atoms with Gasteiger partial charge in [-0.05, 0) is 62.8 Å². The van der Waals surface area contributed by atoms with E-state index in [9.17, 15) is 53.4 Å². The molecule has 384 valence electrons. The number of thiol groups is 1. The third-order valence-corrected chi connectivity index (χ3v) is 12.1. The fourth-order valence-corrected chi connectivity index (χ4v) is 7.71. The van der Waals surface area contributed by atoms with E-state index < -0.39 is 114 Å². The topological polar surface area (TPSA) is 361 Å². The maximum atomic E-state index is 13.7. The van der Waals surface area contributed by atoms with Gasteiger partial charge >= 0.3 is 5.97 Å². The van der Waals surface area contributed by atoms with Gasteiger partial charge in [-0.1, -0.05) is 48.5 Å². The quantitative estimate of drug-likeness (QED) is 0.0273. The smallest absolute Gasteiger partial charge is 0.326 e. The molecule has 0 saturated heterocycles. The van der Waals surface area contributed by atoms with Crippen molar-refractivity contribution >= 4 is 88.5 Å². The van der Waals surface area contributed by atoms with E-state index >= 15 is 0 Å². The summed E-state index contributed by atoms with van der Waals surface area (Å²) < 4.78 is 0. The Morgan fingerprint density at radius 1 is 0.634 bits per heavy atom. The second-order valence-corrected chi connectivity index (χ2v) is 18.0. The molecule has 0 bridgehead atoms. The summed E-state index contributed by atoms with van der Waals surface area (Å²) in [5.74, 6) is -7.63. The Bertz CT molecular complexity index is 2460. The number of para-hydroxylation sites is 1. The van der Waals surface area contributed by atoms with Crippen molar-refractivity contribution < 1.29 is 53.4 Å². The molecule has 0 unspecified atom stereocenters. The first-order valence-corrected chi connectivity index (χ1v) is 24.6. The van der Waals surface area contributed by atoms with Gasteiger partial charge in [0.25, 0.3) is 0 Å². The lowest BCUT2D eigenvalue weighted by atomic mass is 10.0. The Labute approximate surface area is 419 Å². The number of carboxylic acid groups (broad SMARTS) is 1. The fraction of sp³-hybridized carbons (Fsp3) is 0.435. The van der Waals surface area contributed by atoms with E-state index in [1.165, 1.54) is 45.1 Å². The molecule has 4 rings (SSSR count). The zero-order chi connectivity index (χ0) is 52.2. The van der Waals surface area contributed by atoms with Gasteiger partial charge < -0.3 is 68.4 Å². The summed E-state index contributed by atoms with van der Waals surface area (Å²) in [5, 5.41) is 40.5. The highest BCUT2D eigenvalue weighted by atomic mass is 32.2. The third-order valence-electron chi connectivity index (χ3n) is 11.1. The van der Waals surface area contributed by atoms with Gasteiger partial charge in [-0.15, -0.1) is 0 Å². The molecule has 0 radical (unpaired) electrons. The molecule has 9 atom stereocenters. The van der Waals surface area contributed by atoms with Crippen molar-refractivity contribution in [2.24, 2.45) is 5.73 Å². The molecule has 23 nitrogen and oxygen atoms in total. The van der Waals surface area contributed by atoms with Crippen molar-refractivity contribution in [2.45, 2.75) is 101 Å². The number of carbonyl (C=O) groups is 9. The van der Waals surface area contributed by atoms with Gasteiger partial charge in [0.05, 0.1) is 19.0 Å². The van der Waals surface area contributed by atoms with Crippen LogP contribution in [0.2, 0.25) is 0 Å². The van der Waals surface area contributed by atoms with Gasteiger partial charge in [0.15, 0.2) is 0 Å². The lowest BCUT2D eigenvalue weighted by Gasteiger charge is -2.26. The van der Waals surface area contributed by atoms with Crippen LogP contribution in [0.25, 0.3) is 10.9 Å². The normalized spacial score (nSPS) is 14.9. The number of imidazole rings is 1. The van der Waals surface area contributed by atoms with Crippen molar-refractivity contribution in [3.05, 3.63) is 90.1 Å². The largest absolute Gasteiger partial charge is 0.480 e. The number of carbonyl (C=O) groups excluding carboxylic acids is 8. The molecule has 0 fully saturated rings. The first kappa shape index (κ1) is 56.6. The first-order valence-electron chi connectivity index (χ1n) is 22.5. The number of fused-ring (bicyclic) bond motifs is 1. The monoisotopic (exact) mass is 1020 g/mol. The van der Waals surface area contributed by atoms with E-state index in [1.807, 2.05) is 30.5 Å². The number of nitrogens with two attached hydrogens (primary N) is 1. The number of nitrogens with zero attached hydrogens (tertiary/aromatic N) is 1. The number of nitrogens with one attached hydrogen (secondary N) is 10. The number of aromatic nitrogens is 3. The maximum absolute atomic E-state index is 13.7. The van der Waals surface area contributed by atoms with Crippen LogP contribution < -0.4 is 48.3 Å². The predicted octanol–water partition coefficient (Wildman–Crippen LogP) is -2.06. The van der Waals surface area contributed by atoms with Gasteiger partial charge in [-0.25, -0.2) is 9.78 Å². The molecule has 4 aromatic rings. The van der Waals surface area contributed by atoms with Crippen LogP contribution in [0.1, 0.15) is 44.0 Å². The molecule has 25 heteroatoms. The highest BCUT2D eigenvalue weighted by Gasteiger charge is 2.33. The SMILES string of the molecule is CSCC[C@H](NC(=O)[C@@H](N)Cc1c[nH]c2ccccc12)C(=O)N[C@@H](C)C(=O)N[C@@H](CS)C(=O)N[C@@H](Cc1cnc[nH]1)C(=O)N[C@@H](CO)C(=O)N[C@@H](C)C(=O)N[C@@H](C)C(=O)N[C@@H](Cc1ccccc1)C(=O)O. The van der Waals surface area contributed by atoms with Crippen LogP contribution in [0.5, 0.6) is 0 Å². The number of rotatable bonds is 28. The summed E-state index contributed by atoms with van der Waals surface area (Å²) >= 11 is 5.67. The molecular formula is C46H62N12O11S2.